The van der Waals surface area contributed by atoms with E-state index in [1.807, 2.05) is 48.3 Å². The molecule has 3 aromatic carbocycles. The number of benzene rings is 3. The van der Waals surface area contributed by atoms with Gasteiger partial charge in [0, 0.05) is 12.0 Å². The summed E-state index contributed by atoms with van der Waals surface area (Å²) in [6, 6.07) is 19.8. The van der Waals surface area contributed by atoms with Crippen LogP contribution in [0.25, 0.3) is 0 Å². The fraction of sp³-hybridized carbons (Fsp3) is 0.136. The molecule has 1 atom stereocenters. The number of nitrogens with zero attached hydrogens (tertiary/aromatic N) is 2. The summed E-state index contributed by atoms with van der Waals surface area (Å²) < 4.78 is 0. The maximum absolute atomic E-state index is 10.2. The van der Waals surface area contributed by atoms with Gasteiger partial charge in [-0.3, -0.25) is 5.01 Å². The van der Waals surface area contributed by atoms with Gasteiger partial charge in [-0.25, -0.2) is 0 Å². The molecule has 3 N–H and O–H groups in total. The Balaban J connectivity index is 1.79. The molecule has 0 aliphatic carbocycles. The summed E-state index contributed by atoms with van der Waals surface area (Å²) >= 11 is 0. The zero-order valence-corrected chi connectivity index (χ0v) is 14.9. The lowest BCUT2D eigenvalue weighted by atomic mass is 9.97. The number of aromatic hydroxyl groups is 3. The fourth-order valence-electron chi connectivity index (χ4n) is 3.33. The molecular weight excluding hydrogens is 340 g/mol. The molecule has 0 saturated carbocycles. The first kappa shape index (κ1) is 17.0. The minimum absolute atomic E-state index is 0.152. The Labute approximate surface area is 157 Å². The van der Waals surface area contributed by atoms with E-state index in [-0.39, 0.29) is 23.3 Å². The van der Waals surface area contributed by atoms with Crippen molar-refractivity contribution in [3.63, 3.8) is 0 Å². The molecule has 5 nitrogen and oxygen atoms in total. The highest BCUT2D eigenvalue weighted by Gasteiger charge is 2.31. The zero-order chi connectivity index (χ0) is 19.0. The summed E-state index contributed by atoms with van der Waals surface area (Å²) in [5.74, 6) is -0.123. The molecule has 1 aliphatic rings. The molecule has 1 unspecified atom stereocenters. The van der Waals surface area contributed by atoms with E-state index >= 15 is 0 Å². The van der Waals surface area contributed by atoms with E-state index in [4.69, 9.17) is 5.10 Å². The summed E-state index contributed by atoms with van der Waals surface area (Å²) in [7, 11) is 0. The van der Waals surface area contributed by atoms with E-state index in [9.17, 15) is 15.3 Å². The maximum Gasteiger partial charge on any atom is 0.157 e. The van der Waals surface area contributed by atoms with Gasteiger partial charge in [0.25, 0.3) is 0 Å². The van der Waals surface area contributed by atoms with Crippen LogP contribution in [-0.4, -0.2) is 21.0 Å². The standard InChI is InChI=1S/C22H20N2O3/c1-14-6-9-16(10-7-14)24-19(15-8-11-21(26)22(27)12-15)13-18(23-24)17-4-2-3-5-20(17)25/h2-12,19,25-27H,13H2,1H3. The zero-order valence-electron chi connectivity index (χ0n) is 14.9. The number of aryl methyl sites for hydroxylation is 1. The van der Waals surface area contributed by atoms with E-state index in [1.54, 1.807) is 24.3 Å². The molecule has 3 aromatic rings. The van der Waals surface area contributed by atoms with Crippen LogP contribution in [0.1, 0.15) is 29.2 Å². The largest absolute Gasteiger partial charge is 0.507 e. The van der Waals surface area contributed by atoms with E-state index in [0.717, 1.165) is 22.5 Å². The Morgan fingerprint density at radius 1 is 0.852 bits per heavy atom. The van der Waals surface area contributed by atoms with Crippen molar-refractivity contribution < 1.29 is 15.3 Å². The van der Waals surface area contributed by atoms with E-state index in [0.29, 0.717) is 12.0 Å². The highest BCUT2D eigenvalue weighted by atomic mass is 16.3. The second kappa shape index (κ2) is 6.68. The topological polar surface area (TPSA) is 76.3 Å². The van der Waals surface area contributed by atoms with Gasteiger partial charge in [-0.1, -0.05) is 35.9 Å². The molecule has 0 amide bonds. The van der Waals surface area contributed by atoms with Crippen molar-refractivity contribution in [2.75, 3.05) is 5.01 Å². The Bertz CT molecular complexity index is 1010. The molecular formula is C22H20N2O3. The number of hydrogen-bond donors (Lipinski definition) is 3. The van der Waals surface area contributed by atoms with E-state index < -0.39 is 0 Å². The normalized spacial score (nSPS) is 16.4. The number of phenols is 3. The average Bonchev–Trinajstić information content (AvgIpc) is 3.10. The van der Waals surface area contributed by atoms with Crippen molar-refractivity contribution in [1.82, 2.24) is 0 Å². The fourth-order valence-corrected chi connectivity index (χ4v) is 3.33. The molecule has 27 heavy (non-hydrogen) atoms. The third kappa shape index (κ3) is 3.19. The monoisotopic (exact) mass is 360 g/mol. The quantitative estimate of drug-likeness (QED) is 0.603. The minimum Gasteiger partial charge on any atom is -0.507 e. The van der Waals surface area contributed by atoms with Crippen LogP contribution in [0.15, 0.2) is 71.8 Å². The lowest BCUT2D eigenvalue weighted by Crippen LogP contribution is -2.18. The van der Waals surface area contributed by atoms with E-state index in [2.05, 4.69) is 0 Å². The minimum atomic E-state index is -0.160. The maximum atomic E-state index is 10.2. The molecule has 0 bridgehead atoms. The van der Waals surface area contributed by atoms with Gasteiger partial charge in [-0.15, -0.1) is 0 Å². The summed E-state index contributed by atoms with van der Waals surface area (Å²) in [5, 5.41) is 36.5. The Morgan fingerprint density at radius 2 is 1.59 bits per heavy atom. The third-order valence-corrected chi connectivity index (χ3v) is 4.81. The average molecular weight is 360 g/mol. The number of phenolic OH excluding ortho intramolecular Hbond substituents is 3. The molecule has 4 rings (SSSR count). The van der Waals surface area contributed by atoms with Crippen LogP contribution in [-0.2, 0) is 0 Å². The molecule has 0 aromatic heterocycles. The van der Waals surface area contributed by atoms with Crippen LogP contribution in [0.4, 0.5) is 5.69 Å². The second-order valence-electron chi connectivity index (χ2n) is 6.71. The SMILES string of the molecule is Cc1ccc(N2N=C(c3ccccc3O)CC2c2ccc(O)c(O)c2)cc1. The Kier molecular flexibility index (Phi) is 4.20. The van der Waals surface area contributed by atoms with Gasteiger partial charge in [-0.05, 0) is 48.9 Å². The molecule has 0 spiro atoms. The van der Waals surface area contributed by atoms with Crippen molar-refractivity contribution in [1.29, 1.82) is 0 Å². The Morgan fingerprint density at radius 3 is 2.30 bits per heavy atom. The molecule has 0 fully saturated rings. The van der Waals surface area contributed by atoms with Crippen molar-refractivity contribution >= 4 is 11.4 Å². The molecule has 1 heterocycles. The number of anilines is 1. The Hall–Kier alpha value is -3.47. The lowest BCUT2D eigenvalue weighted by Gasteiger charge is -2.24. The number of hydrogen-bond acceptors (Lipinski definition) is 5. The second-order valence-corrected chi connectivity index (χ2v) is 6.71. The van der Waals surface area contributed by atoms with Crippen LogP contribution in [0, 0.1) is 6.92 Å². The first-order valence-corrected chi connectivity index (χ1v) is 8.76. The predicted molar refractivity (Wildman–Crippen MR) is 105 cm³/mol. The van der Waals surface area contributed by atoms with Gasteiger partial charge in [-0.2, -0.15) is 5.10 Å². The highest BCUT2D eigenvalue weighted by Crippen LogP contribution is 2.40. The molecule has 5 heteroatoms. The van der Waals surface area contributed by atoms with Crippen LogP contribution in [0.3, 0.4) is 0 Å². The third-order valence-electron chi connectivity index (χ3n) is 4.81. The number of hydrazone groups is 1. The lowest BCUT2D eigenvalue weighted by molar-refractivity contribution is 0.402. The number of rotatable bonds is 3. The first-order chi connectivity index (χ1) is 13.0. The highest BCUT2D eigenvalue weighted by molar-refractivity contribution is 6.05. The van der Waals surface area contributed by atoms with Crippen molar-refractivity contribution in [3.05, 3.63) is 83.4 Å². The number of para-hydroxylation sites is 1. The van der Waals surface area contributed by atoms with Crippen LogP contribution in [0.2, 0.25) is 0 Å². The molecule has 136 valence electrons. The van der Waals surface area contributed by atoms with Gasteiger partial charge in [0.2, 0.25) is 0 Å². The van der Waals surface area contributed by atoms with Crippen LogP contribution in [0.5, 0.6) is 17.2 Å². The van der Waals surface area contributed by atoms with Gasteiger partial charge in [0.05, 0.1) is 17.4 Å². The van der Waals surface area contributed by atoms with Crippen molar-refractivity contribution in [2.45, 2.75) is 19.4 Å². The van der Waals surface area contributed by atoms with Gasteiger partial charge >= 0.3 is 0 Å². The van der Waals surface area contributed by atoms with Crippen molar-refractivity contribution in [3.8, 4) is 17.2 Å². The predicted octanol–water partition coefficient (Wildman–Crippen LogP) is 4.47. The smallest absolute Gasteiger partial charge is 0.157 e. The van der Waals surface area contributed by atoms with Crippen LogP contribution >= 0.6 is 0 Å². The first-order valence-electron chi connectivity index (χ1n) is 8.76. The molecule has 1 aliphatic heterocycles. The summed E-state index contributed by atoms with van der Waals surface area (Å²) in [6.07, 6.45) is 0.565. The molecule has 0 radical (unpaired) electrons. The van der Waals surface area contributed by atoms with Gasteiger partial charge < -0.3 is 15.3 Å². The summed E-state index contributed by atoms with van der Waals surface area (Å²) in [4.78, 5) is 0. The van der Waals surface area contributed by atoms with Gasteiger partial charge in [0.1, 0.15) is 5.75 Å². The summed E-state index contributed by atoms with van der Waals surface area (Å²) in [6.45, 7) is 2.03. The summed E-state index contributed by atoms with van der Waals surface area (Å²) in [5.41, 5.74) is 4.37. The molecule has 0 saturated heterocycles. The van der Waals surface area contributed by atoms with Crippen molar-refractivity contribution in [2.24, 2.45) is 5.10 Å². The van der Waals surface area contributed by atoms with E-state index in [1.165, 1.54) is 6.07 Å². The van der Waals surface area contributed by atoms with Gasteiger partial charge in [0.15, 0.2) is 11.5 Å². The van der Waals surface area contributed by atoms with Crippen LogP contribution < -0.4 is 5.01 Å².